The number of hydrogen-bond acceptors (Lipinski definition) is 2. The molecule has 6 heteroatoms. The van der Waals surface area contributed by atoms with Crippen LogP contribution in [0.5, 0.6) is 0 Å². The maximum absolute atomic E-state index is 12.9. The largest absolute Gasteiger partial charge is 0.409 e. The zero-order valence-corrected chi connectivity index (χ0v) is 10.9. The summed E-state index contributed by atoms with van der Waals surface area (Å²) in [6.45, 7) is 5.17. The molecule has 2 atom stereocenters. The van der Waals surface area contributed by atoms with Crippen molar-refractivity contribution in [3.8, 4) is 0 Å². The van der Waals surface area contributed by atoms with Gasteiger partial charge in [-0.05, 0) is 18.3 Å². The summed E-state index contributed by atoms with van der Waals surface area (Å²) in [4.78, 5) is 11.8. The number of amides is 1. The molecule has 1 aliphatic rings. The minimum absolute atomic E-state index is 0.209. The van der Waals surface area contributed by atoms with Crippen LogP contribution in [0.3, 0.4) is 0 Å². The van der Waals surface area contributed by atoms with Crippen LogP contribution in [0.4, 0.5) is 13.2 Å². The third-order valence-corrected chi connectivity index (χ3v) is 3.01. The molecule has 0 radical (unpaired) electrons. The fourth-order valence-corrected chi connectivity index (χ4v) is 2.00. The lowest BCUT2D eigenvalue weighted by Gasteiger charge is -2.34. The molecule has 0 aromatic carbocycles. The molecule has 0 saturated carbocycles. The Hall–Kier alpha value is -0.780. The maximum atomic E-state index is 12.9. The quantitative estimate of drug-likeness (QED) is 0.835. The normalized spacial score (nSPS) is 23.6. The van der Waals surface area contributed by atoms with E-state index in [1.807, 2.05) is 0 Å². The van der Waals surface area contributed by atoms with Crippen LogP contribution in [0.15, 0.2) is 0 Å². The first-order valence-electron chi connectivity index (χ1n) is 6.07. The van der Waals surface area contributed by atoms with Gasteiger partial charge in [-0.2, -0.15) is 13.2 Å². The van der Waals surface area contributed by atoms with Gasteiger partial charge in [0.1, 0.15) is 6.04 Å². The van der Waals surface area contributed by atoms with Crippen molar-refractivity contribution in [3.05, 3.63) is 0 Å². The summed E-state index contributed by atoms with van der Waals surface area (Å²) >= 11 is 0. The summed E-state index contributed by atoms with van der Waals surface area (Å²) < 4.78 is 43.8. The van der Waals surface area contributed by atoms with E-state index in [-0.39, 0.29) is 6.61 Å². The monoisotopic (exact) mass is 267 g/mol. The van der Waals surface area contributed by atoms with Crippen molar-refractivity contribution in [3.63, 3.8) is 0 Å². The van der Waals surface area contributed by atoms with Gasteiger partial charge in [0.25, 0.3) is 0 Å². The topological polar surface area (TPSA) is 38.3 Å². The molecule has 1 rings (SSSR count). The lowest BCUT2D eigenvalue weighted by molar-refractivity contribution is -0.182. The average molecular weight is 267 g/mol. The molecule has 3 nitrogen and oxygen atoms in total. The van der Waals surface area contributed by atoms with E-state index >= 15 is 0 Å². The highest BCUT2D eigenvalue weighted by molar-refractivity contribution is 5.79. The molecular weight excluding hydrogens is 247 g/mol. The number of carbonyl (C=O) groups is 1. The molecule has 0 spiro atoms. The summed E-state index contributed by atoms with van der Waals surface area (Å²) in [5.41, 5.74) is -1.07. The highest BCUT2D eigenvalue weighted by atomic mass is 19.4. The molecule has 0 aromatic heterocycles. The summed E-state index contributed by atoms with van der Waals surface area (Å²) in [5, 5.41) is 2.12. The first kappa shape index (κ1) is 15.3. The molecule has 106 valence electrons. The van der Waals surface area contributed by atoms with Gasteiger partial charge < -0.3 is 10.1 Å². The molecule has 1 fully saturated rings. The SMILES string of the molecule is CC(C)(C)[C@@H](NC(=O)[C@@H]1CCCOC1)C(F)(F)F. The molecule has 1 N–H and O–H groups in total. The number of carbonyl (C=O) groups excluding carboxylic acids is 1. The van der Waals surface area contributed by atoms with Gasteiger partial charge in [0.15, 0.2) is 0 Å². The standard InChI is InChI=1S/C12H20F3NO2/c1-11(2,3)10(12(13,14)15)16-9(17)8-5-4-6-18-7-8/h8,10H,4-7H2,1-3H3,(H,16,17)/t8-,10-/m1/s1. The molecule has 0 unspecified atom stereocenters. The van der Waals surface area contributed by atoms with Gasteiger partial charge in [-0.25, -0.2) is 0 Å². The Kier molecular flexibility index (Phi) is 4.64. The highest BCUT2D eigenvalue weighted by Gasteiger charge is 2.48. The first-order chi connectivity index (χ1) is 8.12. The predicted molar refractivity (Wildman–Crippen MR) is 61.0 cm³/mol. The Balaban J connectivity index is 2.69. The summed E-state index contributed by atoms with van der Waals surface area (Å²) in [6, 6.07) is -1.83. The third-order valence-electron chi connectivity index (χ3n) is 3.01. The smallest absolute Gasteiger partial charge is 0.381 e. The zero-order chi connectivity index (χ0) is 14.0. The van der Waals surface area contributed by atoms with Gasteiger partial charge in [0, 0.05) is 6.61 Å². The van der Waals surface area contributed by atoms with Crippen molar-refractivity contribution in [1.82, 2.24) is 5.32 Å². The number of hydrogen-bond donors (Lipinski definition) is 1. The van der Waals surface area contributed by atoms with E-state index in [0.717, 1.165) is 0 Å². The van der Waals surface area contributed by atoms with E-state index in [0.29, 0.717) is 19.4 Å². The Morgan fingerprint density at radius 2 is 1.94 bits per heavy atom. The van der Waals surface area contributed by atoms with Crippen molar-refractivity contribution in [2.75, 3.05) is 13.2 Å². The number of ether oxygens (including phenoxy) is 1. The van der Waals surface area contributed by atoms with Crippen molar-refractivity contribution < 1.29 is 22.7 Å². The van der Waals surface area contributed by atoms with Crippen LogP contribution in [0, 0.1) is 11.3 Å². The van der Waals surface area contributed by atoms with Gasteiger partial charge in [-0.15, -0.1) is 0 Å². The second kappa shape index (κ2) is 5.47. The van der Waals surface area contributed by atoms with E-state index in [9.17, 15) is 18.0 Å². The number of nitrogens with one attached hydrogen (secondary N) is 1. The van der Waals surface area contributed by atoms with E-state index in [1.165, 1.54) is 20.8 Å². The second-order valence-electron chi connectivity index (χ2n) is 5.76. The average Bonchev–Trinajstić information content (AvgIpc) is 2.23. The van der Waals surface area contributed by atoms with Crippen LogP contribution in [0.1, 0.15) is 33.6 Å². The Morgan fingerprint density at radius 3 is 2.33 bits per heavy atom. The van der Waals surface area contributed by atoms with Gasteiger partial charge in [0.2, 0.25) is 5.91 Å². The third kappa shape index (κ3) is 4.15. The summed E-state index contributed by atoms with van der Waals surface area (Å²) in [5.74, 6) is -1.03. The lowest BCUT2D eigenvalue weighted by atomic mass is 9.85. The summed E-state index contributed by atoms with van der Waals surface area (Å²) in [7, 11) is 0. The zero-order valence-electron chi connectivity index (χ0n) is 10.9. The first-order valence-corrected chi connectivity index (χ1v) is 6.07. The number of halogens is 3. The fraction of sp³-hybridized carbons (Fsp3) is 0.917. The maximum Gasteiger partial charge on any atom is 0.409 e. The highest BCUT2D eigenvalue weighted by Crippen LogP contribution is 2.33. The van der Waals surface area contributed by atoms with Crippen LogP contribution in [0.25, 0.3) is 0 Å². The van der Waals surface area contributed by atoms with Gasteiger partial charge >= 0.3 is 6.18 Å². The van der Waals surface area contributed by atoms with E-state index < -0.39 is 29.5 Å². The number of rotatable bonds is 2. The molecule has 1 saturated heterocycles. The Bertz CT molecular complexity index is 277. The Labute approximate surface area is 105 Å². The minimum Gasteiger partial charge on any atom is -0.381 e. The molecule has 0 bridgehead atoms. The van der Waals surface area contributed by atoms with Crippen LogP contribution >= 0.6 is 0 Å². The lowest BCUT2D eigenvalue weighted by Crippen LogP contribution is -2.55. The molecule has 1 aliphatic heterocycles. The van der Waals surface area contributed by atoms with Crippen molar-refractivity contribution in [1.29, 1.82) is 0 Å². The van der Waals surface area contributed by atoms with E-state index in [4.69, 9.17) is 4.74 Å². The predicted octanol–water partition coefficient (Wildman–Crippen LogP) is 2.51. The van der Waals surface area contributed by atoms with Crippen LogP contribution in [-0.4, -0.2) is 31.3 Å². The molecule has 18 heavy (non-hydrogen) atoms. The molecule has 1 amide bonds. The molecular formula is C12H20F3NO2. The Morgan fingerprint density at radius 1 is 1.33 bits per heavy atom. The van der Waals surface area contributed by atoms with Gasteiger partial charge in [-0.1, -0.05) is 20.8 Å². The van der Waals surface area contributed by atoms with Crippen molar-refractivity contribution >= 4 is 5.91 Å². The van der Waals surface area contributed by atoms with Crippen LogP contribution in [0.2, 0.25) is 0 Å². The van der Waals surface area contributed by atoms with Crippen molar-refractivity contribution in [2.45, 2.75) is 45.8 Å². The molecule has 0 aromatic rings. The second-order valence-corrected chi connectivity index (χ2v) is 5.76. The fourth-order valence-electron chi connectivity index (χ4n) is 2.00. The van der Waals surface area contributed by atoms with Gasteiger partial charge in [0.05, 0.1) is 12.5 Å². The van der Waals surface area contributed by atoms with Crippen molar-refractivity contribution in [2.24, 2.45) is 11.3 Å². The summed E-state index contributed by atoms with van der Waals surface area (Å²) in [6.07, 6.45) is -3.14. The van der Waals surface area contributed by atoms with E-state index in [2.05, 4.69) is 5.32 Å². The number of alkyl halides is 3. The molecule has 1 heterocycles. The van der Waals surface area contributed by atoms with Gasteiger partial charge in [-0.3, -0.25) is 4.79 Å². The minimum atomic E-state index is -4.44. The van der Waals surface area contributed by atoms with E-state index in [1.54, 1.807) is 0 Å². The van der Waals surface area contributed by atoms with Crippen LogP contribution < -0.4 is 5.32 Å². The molecule has 0 aliphatic carbocycles. The van der Waals surface area contributed by atoms with Crippen LogP contribution in [-0.2, 0) is 9.53 Å².